The van der Waals surface area contributed by atoms with Crippen LogP contribution in [0, 0.1) is 16.0 Å². The molecule has 0 amide bonds. The fourth-order valence-corrected chi connectivity index (χ4v) is 3.04. The third-order valence-electron chi connectivity index (χ3n) is 4.49. The summed E-state index contributed by atoms with van der Waals surface area (Å²) in [6.45, 7) is 9.82. The summed E-state index contributed by atoms with van der Waals surface area (Å²) in [5.41, 5.74) is 0. The molecule has 2 heterocycles. The average molecular weight is 328 g/mol. The van der Waals surface area contributed by atoms with Gasteiger partial charge < -0.3 is 19.3 Å². The molecular formula is C15H28N4O4. The van der Waals surface area contributed by atoms with Crippen molar-refractivity contribution in [2.24, 2.45) is 11.0 Å². The molecule has 2 aliphatic heterocycles. The van der Waals surface area contributed by atoms with Gasteiger partial charge in [0.1, 0.15) is 11.3 Å². The third kappa shape index (κ3) is 4.78. The van der Waals surface area contributed by atoms with Gasteiger partial charge in [-0.25, -0.2) is 10.1 Å². The maximum atomic E-state index is 11.0. The van der Waals surface area contributed by atoms with E-state index in [4.69, 9.17) is 9.47 Å². The minimum absolute atomic E-state index is 0.120. The molecule has 0 aromatic rings. The highest BCUT2D eigenvalue weighted by Gasteiger charge is 2.36. The smallest absolute Gasteiger partial charge is 0.276 e. The molecule has 132 valence electrons. The van der Waals surface area contributed by atoms with Crippen LogP contribution < -0.4 is 0 Å². The molecule has 0 saturated carbocycles. The minimum Gasteiger partial charge on any atom is -0.381 e. The quantitative estimate of drug-likeness (QED) is 0.499. The van der Waals surface area contributed by atoms with E-state index in [1.54, 1.807) is 0 Å². The number of hydrazone groups is 1. The summed E-state index contributed by atoms with van der Waals surface area (Å²) in [6.07, 6.45) is 2.63. The van der Waals surface area contributed by atoms with E-state index in [-0.39, 0.29) is 12.3 Å². The molecule has 0 aliphatic carbocycles. The number of nitrogens with zero attached hydrogens (tertiary/aromatic N) is 4. The van der Waals surface area contributed by atoms with Gasteiger partial charge in [0.05, 0.1) is 12.7 Å². The third-order valence-corrected chi connectivity index (χ3v) is 4.49. The lowest BCUT2D eigenvalue weighted by atomic mass is 10.1. The van der Waals surface area contributed by atoms with Crippen LogP contribution in [0.4, 0.5) is 0 Å². The standard InChI is InChI=1S/C15H28N4O4/c1-4-12(3)23-14(5-2)18-8-7-17(15(18)16-19(20)21)10-13-6-9-22-11-13/h12-14H,4-11H2,1-3H3. The SMILES string of the molecule is CCC(C)OC(CC)N1CCN(CC2CCOC2)C1=N[N+](=O)[O-]. The first-order chi connectivity index (χ1) is 11.0. The maximum Gasteiger partial charge on any atom is 0.276 e. The molecule has 0 radical (unpaired) electrons. The number of nitro groups is 1. The van der Waals surface area contributed by atoms with Crippen molar-refractivity contribution in [3.63, 3.8) is 0 Å². The number of guanidine groups is 1. The Labute approximate surface area is 137 Å². The summed E-state index contributed by atoms with van der Waals surface area (Å²) in [6, 6.07) is 0. The monoisotopic (exact) mass is 328 g/mol. The van der Waals surface area contributed by atoms with Gasteiger partial charge in [-0.15, -0.1) is 0 Å². The number of rotatable bonds is 8. The summed E-state index contributed by atoms with van der Waals surface area (Å²) in [5.74, 6) is 0.847. The molecule has 2 saturated heterocycles. The van der Waals surface area contributed by atoms with Gasteiger partial charge in [-0.05, 0) is 26.2 Å². The van der Waals surface area contributed by atoms with Crippen molar-refractivity contribution in [1.29, 1.82) is 0 Å². The average Bonchev–Trinajstić information content (AvgIpc) is 3.16. The molecule has 23 heavy (non-hydrogen) atoms. The molecule has 0 aromatic carbocycles. The van der Waals surface area contributed by atoms with Crippen LogP contribution in [0.15, 0.2) is 5.10 Å². The van der Waals surface area contributed by atoms with Gasteiger partial charge in [0.2, 0.25) is 0 Å². The number of ether oxygens (including phenoxy) is 2. The van der Waals surface area contributed by atoms with Gasteiger partial charge in [-0.1, -0.05) is 13.8 Å². The Hall–Kier alpha value is -1.41. The van der Waals surface area contributed by atoms with Crippen molar-refractivity contribution in [2.45, 2.75) is 52.4 Å². The predicted molar refractivity (Wildman–Crippen MR) is 86.6 cm³/mol. The van der Waals surface area contributed by atoms with E-state index in [1.807, 2.05) is 23.6 Å². The fraction of sp³-hybridized carbons (Fsp3) is 0.933. The zero-order valence-electron chi connectivity index (χ0n) is 14.3. The van der Waals surface area contributed by atoms with Crippen molar-refractivity contribution >= 4 is 5.96 Å². The van der Waals surface area contributed by atoms with E-state index in [2.05, 4.69) is 12.0 Å². The van der Waals surface area contributed by atoms with Crippen LogP contribution in [0.25, 0.3) is 0 Å². The lowest BCUT2D eigenvalue weighted by Gasteiger charge is -2.30. The van der Waals surface area contributed by atoms with E-state index in [9.17, 15) is 10.1 Å². The normalized spacial score (nSPS) is 26.0. The van der Waals surface area contributed by atoms with Gasteiger partial charge >= 0.3 is 0 Å². The molecule has 0 aromatic heterocycles. The van der Waals surface area contributed by atoms with Crippen molar-refractivity contribution in [3.8, 4) is 0 Å². The van der Waals surface area contributed by atoms with Crippen LogP contribution in [0.5, 0.6) is 0 Å². The van der Waals surface area contributed by atoms with Gasteiger partial charge in [-0.2, -0.15) is 0 Å². The fourth-order valence-electron chi connectivity index (χ4n) is 3.04. The molecular weight excluding hydrogens is 300 g/mol. The molecule has 3 unspecified atom stereocenters. The number of hydrogen-bond donors (Lipinski definition) is 0. The van der Waals surface area contributed by atoms with Crippen LogP contribution in [0.3, 0.4) is 0 Å². The Morgan fingerprint density at radius 2 is 2.22 bits per heavy atom. The van der Waals surface area contributed by atoms with E-state index in [1.165, 1.54) is 0 Å². The largest absolute Gasteiger partial charge is 0.381 e. The van der Waals surface area contributed by atoms with Gasteiger partial charge in [-0.3, -0.25) is 0 Å². The van der Waals surface area contributed by atoms with Crippen molar-refractivity contribution < 1.29 is 14.5 Å². The first kappa shape index (κ1) is 17.9. The molecule has 0 N–H and O–H groups in total. The van der Waals surface area contributed by atoms with Crippen molar-refractivity contribution in [3.05, 3.63) is 10.1 Å². The number of hydrogen-bond acceptors (Lipinski definition) is 4. The first-order valence-electron chi connectivity index (χ1n) is 8.52. The van der Waals surface area contributed by atoms with Crippen LogP contribution >= 0.6 is 0 Å². The second kappa shape index (κ2) is 8.44. The highest BCUT2D eigenvalue weighted by atomic mass is 16.7. The zero-order valence-corrected chi connectivity index (χ0v) is 14.3. The topological polar surface area (TPSA) is 80.4 Å². The second-order valence-corrected chi connectivity index (χ2v) is 6.22. The van der Waals surface area contributed by atoms with E-state index >= 15 is 0 Å². The Kier molecular flexibility index (Phi) is 6.59. The molecule has 8 nitrogen and oxygen atoms in total. The molecule has 2 aliphatic rings. The molecule has 0 bridgehead atoms. The molecule has 2 rings (SSSR count). The van der Waals surface area contributed by atoms with E-state index < -0.39 is 5.03 Å². The molecule has 2 fully saturated rings. The van der Waals surface area contributed by atoms with Gasteiger partial charge in [0.15, 0.2) is 5.03 Å². The van der Waals surface area contributed by atoms with E-state index in [0.29, 0.717) is 18.4 Å². The van der Waals surface area contributed by atoms with Crippen molar-refractivity contribution in [1.82, 2.24) is 9.80 Å². The molecule has 3 atom stereocenters. The Morgan fingerprint density at radius 3 is 2.78 bits per heavy atom. The Bertz CT molecular complexity index is 426. The van der Waals surface area contributed by atoms with E-state index in [0.717, 1.165) is 45.6 Å². The highest BCUT2D eigenvalue weighted by Crippen LogP contribution is 2.21. The van der Waals surface area contributed by atoms with Crippen molar-refractivity contribution in [2.75, 3.05) is 32.8 Å². The summed E-state index contributed by atoms with van der Waals surface area (Å²) in [7, 11) is 0. The lowest BCUT2D eigenvalue weighted by Crippen LogP contribution is -2.44. The molecule has 0 spiro atoms. The van der Waals surface area contributed by atoms with Crippen LogP contribution in [-0.2, 0) is 9.47 Å². The maximum absolute atomic E-state index is 11.0. The Balaban J connectivity index is 2.09. The van der Waals surface area contributed by atoms with Gasteiger partial charge in [0, 0.05) is 32.2 Å². The van der Waals surface area contributed by atoms with Gasteiger partial charge in [0.25, 0.3) is 5.96 Å². The summed E-state index contributed by atoms with van der Waals surface area (Å²) in [5, 5.41) is 14.0. The van der Waals surface area contributed by atoms with Crippen LogP contribution in [0.2, 0.25) is 0 Å². The van der Waals surface area contributed by atoms with Crippen LogP contribution in [-0.4, -0.2) is 66.0 Å². The minimum atomic E-state index is -0.609. The van der Waals surface area contributed by atoms with Crippen LogP contribution in [0.1, 0.15) is 40.0 Å². The summed E-state index contributed by atoms with van der Waals surface area (Å²) < 4.78 is 11.4. The highest BCUT2D eigenvalue weighted by molar-refractivity contribution is 5.81. The lowest BCUT2D eigenvalue weighted by molar-refractivity contribution is -0.486. The zero-order chi connectivity index (χ0) is 16.8. The summed E-state index contributed by atoms with van der Waals surface area (Å²) >= 11 is 0. The Morgan fingerprint density at radius 1 is 1.43 bits per heavy atom. The second-order valence-electron chi connectivity index (χ2n) is 6.22. The predicted octanol–water partition coefficient (Wildman–Crippen LogP) is 1.74. The first-order valence-corrected chi connectivity index (χ1v) is 8.52. The molecule has 8 heteroatoms. The summed E-state index contributed by atoms with van der Waals surface area (Å²) in [4.78, 5) is 14.9.